The fourth-order valence-corrected chi connectivity index (χ4v) is 2.46. The van der Waals surface area contributed by atoms with E-state index in [0.717, 1.165) is 38.5 Å². The maximum Gasteiger partial charge on any atom is 0.255 e. The molecule has 1 amide bonds. The van der Waals surface area contributed by atoms with Crippen LogP contribution in [0.2, 0.25) is 0 Å². The molecule has 0 atom stereocenters. The van der Waals surface area contributed by atoms with E-state index < -0.39 is 5.54 Å². The van der Waals surface area contributed by atoms with Crippen LogP contribution >= 0.6 is 0 Å². The van der Waals surface area contributed by atoms with Crippen LogP contribution in [0.25, 0.3) is 0 Å². The van der Waals surface area contributed by atoms with E-state index >= 15 is 0 Å². The number of hydrogen-bond acceptors (Lipinski definition) is 3. The third kappa shape index (κ3) is 2.92. The SMILES string of the molecule is N#CC1(NC(=O)c2ccoc2)CCCCCCC1. The van der Waals surface area contributed by atoms with E-state index in [1.54, 1.807) is 6.07 Å². The Morgan fingerprint density at radius 3 is 2.50 bits per heavy atom. The molecule has 1 fully saturated rings. The molecule has 1 heterocycles. The van der Waals surface area contributed by atoms with Gasteiger partial charge in [-0.15, -0.1) is 0 Å². The topological polar surface area (TPSA) is 66.0 Å². The minimum Gasteiger partial charge on any atom is -0.472 e. The van der Waals surface area contributed by atoms with Gasteiger partial charge in [-0.2, -0.15) is 5.26 Å². The van der Waals surface area contributed by atoms with E-state index in [2.05, 4.69) is 11.4 Å². The molecule has 1 N–H and O–H groups in total. The summed E-state index contributed by atoms with van der Waals surface area (Å²) in [7, 11) is 0. The lowest BCUT2D eigenvalue weighted by atomic mass is 9.85. The molecule has 0 aromatic carbocycles. The molecule has 4 nitrogen and oxygen atoms in total. The highest BCUT2D eigenvalue weighted by Gasteiger charge is 2.32. The zero-order chi connectivity index (χ0) is 12.8. The van der Waals surface area contributed by atoms with Crippen molar-refractivity contribution in [2.75, 3.05) is 0 Å². The van der Waals surface area contributed by atoms with Gasteiger partial charge in [0.2, 0.25) is 0 Å². The first-order valence-electron chi connectivity index (χ1n) is 6.52. The van der Waals surface area contributed by atoms with Crippen LogP contribution in [0.3, 0.4) is 0 Å². The van der Waals surface area contributed by atoms with Crippen molar-refractivity contribution in [1.29, 1.82) is 5.26 Å². The van der Waals surface area contributed by atoms with Crippen LogP contribution in [0, 0.1) is 11.3 Å². The van der Waals surface area contributed by atoms with E-state index in [9.17, 15) is 10.1 Å². The quantitative estimate of drug-likeness (QED) is 0.872. The zero-order valence-corrected chi connectivity index (χ0v) is 10.4. The fourth-order valence-electron chi connectivity index (χ4n) is 2.46. The Kier molecular flexibility index (Phi) is 4.03. The van der Waals surface area contributed by atoms with Gasteiger partial charge in [-0.1, -0.05) is 32.1 Å². The van der Waals surface area contributed by atoms with Crippen LogP contribution in [-0.2, 0) is 0 Å². The van der Waals surface area contributed by atoms with Crippen molar-refractivity contribution < 1.29 is 9.21 Å². The van der Waals surface area contributed by atoms with Gasteiger partial charge in [-0.05, 0) is 18.9 Å². The summed E-state index contributed by atoms with van der Waals surface area (Å²) in [5.74, 6) is -0.217. The van der Waals surface area contributed by atoms with E-state index in [0.29, 0.717) is 5.56 Å². The molecule has 1 saturated carbocycles. The molecule has 0 bridgehead atoms. The lowest BCUT2D eigenvalue weighted by Gasteiger charge is -2.29. The number of hydrogen-bond donors (Lipinski definition) is 1. The summed E-state index contributed by atoms with van der Waals surface area (Å²) in [6, 6.07) is 3.93. The number of amides is 1. The highest BCUT2D eigenvalue weighted by molar-refractivity contribution is 5.94. The first kappa shape index (κ1) is 12.7. The summed E-state index contributed by atoms with van der Waals surface area (Å²) in [5.41, 5.74) is -0.221. The summed E-state index contributed by atoms with van der Waals surface area (Å²) in [6.45, 7) is 0. The number of carbonyl (C=O) groups is 1. The molecular formula is C14H18N2O2. The Morgan fingerprint density at radius 2 is 1.94 bits per heavy atom. The molecule has 4 heteroatoms. The number of rotatable bonds is 2. The van der Waals surface area contributed by atoms with E-state index in [1.165, 1.54) is 18.9 Å². The molecule has 1 aromatic heterocycles. The van der Waals surface area contributed by atoms with Crippen LogP contribution in [0.4, 0.5) is 0 Å². The third-order valence-electron chi connectivity index (χ3n) is 3.56. The van der Waals surface area contributed by atoms with Crippen molar-refractivity contribution in [3.8, 4) is 6.07 Å². The Labute approximate surface area is 107 Å². The first-order chi connectivity index (χ1) is 8.76. The molecule has 0 saturated heterocycles. The first-order valence-corrected chi connectivity index (χ1v) is 6.52. The van der Waals surface area contributed by atoms with Gasteiger partial charge in [-0.3, -0.25) is 4.79 Å². The van der Waals surface area contributed by atoms with Gasteiger partial charge in [0, 0.05) is 0 Å². The van der Waals surface area contributed by atoms with E-state index in [4.69, 9.17) is 4.42 Å². The van der Waals surface area contributed by atoms with Gasteiger partial charge in [0.05, 0.1) is 17.9 Å². The second kappa shape index (κ2) is 5.72. The van der Waals surface area contributed by atoms with Crippen molar-refractivity contribution >= 4 is 5.91 Å². The summed E-state index contributed by atoms with van der Waals surface area (Å²) < 4.78 is 4.89. The average molecular weight is 246 g/mol. The molecule has 96 valence electrons. The molecule has 0 unspecified atom stereocenters. The lowest BCUT2D eigenvalue weighted by Crippen LogP contribution is -2.47. The largest absolute Gasteiger partial charge is 0.472 e. The van der Waals surface area contributed by atoms with Crippen molar-refractivity contribution in [3.05, 3.63) is 24.2 Å². The Morgan fingerprint density at radius 1 is 1.28 bits per heavy atom. The molecule has 0 spiro atoms. The molecule has 1 aliphatic rings. The number of carbonyl (C=O) groups excluding carboxylic acids is 1. The monoisotopic (exact) mass is 246 g/mol. The molecule has 0 radical (unpaired) electrons. The predicted octanol–water partition coefficient (Wildman–Crippen LogP) is 3.02. The van der Waals surface area contributed by atoms with Gasteiger partial charge < -0.3 is 9.73 Å². The number of nitriles is 1. The minimum atomic E-state index is -0.700. The van der Waals surface area contributed by atoms with Gasteiger partial charge in [0.1, 0.15) is 11.8 Å². The van der Waals surface area contributed by atoms with Crippen LogP contribution < -0.4 is 5.32 Å². The Hall–Kier alpha value is -1.76. The highest BCUT2D eigenvalue weighted by atomic mass is 16.3. The van der Waals surface area contributed by atoms with Gasteiger partial charge >= 0.3 is 0 Å². The third-order valence-corrected chi connectivity index (χ3v) is 3.56. The second-order valence-corrected chi connectivity index (χ2v) is 4.93. The number of nitrogens with zero attached hydrogens (tertiary/aromatic N) is 1. The minimum absolute atomic E-state index is 0.217. The maximum absolute atomic E-state index is 12.0. The van der Waals surface area contributed by atoms with E-state index in [1.807, 2.05) is 0 Å². The molecule has 1 aliphatic carbocycles. The van der Waals surface area contributed by atoms with Crippen LogP contribution in [0.5, 0.6) is 0 Å². The van der Waals surface area contributed by atoms with E-state index in [-0.39, 0.29) is 5.91 Å². The lowest BCUT2D eigenvalue weighted by molar-refractivity contribution is 0.0907. The number of nitrogens with one attached hydrogen (secondary N) is 1. The fraction of sp³-hybridized carbons (Fsp3) is 0.571. The molecule has 1 aromatic rings. The molecule has 2 rings (SSSR count). The smallest absolute Gasteiger partial charge is 0.255 e. The normalized spacial score (nSPS) is 19.3. The number of furan rings is 1. The molecule has 0 aliphatic heterocycles. The standard InChI is InChI=1S/C14H18N2O2/c15-11-14(7-4-2-1-3-5-8-14)16-13(17)12-6-9-18-10-12/h6,9-10H,1-5,7-8H2,(H,16,17). The van der Waals surface area contributed by atoms with Crippen molar-refractivity contribution in [1.82, 2.24) is 5.32 Å². The molecular weight excluding hydrogens is 228 g/mol. The van der Waals surface area contributed by atoms with Gasteiger partial charge in [0.15, 0.2) is 0 Å². The summed E-state index contributed by atoms with van der Waals surface area (Å²) in [4.78, 5) is 12.0. The van der Waals surface area contributed by atoms with Crippen LogP contribution in [0.1, 0.15) is 55.3 Å². The Balaban J connectivity index is 2.07. The van der Waals surface area contributed by atoms with Crippen molar-refractivity contribution in [2.45, 2.75) is 50.5 Å². The van der Waals surface area contributed by atoms with Crippen molar-refractivity contribution in [3.63, 3.8) is 0 Å². The van der Waals surface area contributed by atoms with Crippen molar-refractivity contribution in [2.24, 2.45) is 0 Å². The summed E-state index contributed by atoms with van der Waals surface area (Å²) in [5, 5.41) is 12.3. The zero-order valence-electron chi connectivity index (χ0n) is 10.4. The van der Waals surface area contributed by atoms with Crippen LogP contribution in [-0.4, -0.2) is 11.4 Å². The Bertz CT molecular complexity index is 423. The molecule has 18 heavy (non-hydrogen) atoms. The van der Waals surface area contributed by atoms with Gasteiger partial charge in [-0.25, -0.2) is 0 Å². The summed E-state index contributed by atoms with van der Waals surface area (Å²) in [6.07, 6.45) is 9.88. The highest BCUT2D eigenvalue weighted by Crippen LogP contribution is 2.26. The van der Waals surface area contributed by atoms with Gasteiger partial charge in [0.25, 0.3) is 5.91 Å². The second-order valence-electron chi connectivity index (χ2n) is 4.93. The average Bonchev–Trinajstić information content (AvgIpc) is 2.86. The summed E-state index contributed by atoms with van der Waals surface area (Å²) >= 11 is 0. The van der Waals surface area contributed by atoms with Crippen LogP contribution in [0.15, 0.2) is 23.0 Å². The maximum atomic E-state index is 12.0. The predicted molar refractivity (Wildman–Crippen MR) is 66.8 cm³/mol.